The zero-order valence-corrected chi connectivity index (χ0v) is 16.2. The van der Waals surface area contributed by atoms with Crippen molar-refractivity contribution in [2.45, 2.75) is 13.1 Å². The normalized spacial score (nSPS) is 11.3. The third kappa shape index (κ3) is 8.75. The Hall–Kier alpha value is -1.78. The number of carbonyl (C=O) groups excluding carboxylic acids is 1. The fourth-order valence-electron chi connectivity index (χ4n) is 1.76. The first-order valence-electron chi connectivity index (χ1n) is 7.47. The molecule has 1 amide bonds. The molecule has 9 heteroatoms. The number of nitrogens with zero attached hydrogens (tertiary/aromatic N) is 1. The number of hydrogen-bond acceptors (Lipinski definition) is 2. The summed E-state index contributed by atoms with van der Waals surface area (Å²) in [5, 5.41) is 8.65. The van der Waals surface area contributed by atoms with Crippen LogP contribution in [0.25, 0.3) is 0 Å². The second kappa shape index (κ2) is 11.7. The van der Waals surface area contributed by atoms with Gasteiger partial charge >= 0.3 is 6.18 Å². The predicted octanol–water partition coefficient (Wildman–Crippen LogP) is 2.79. The molecule has 0 bridgehead atoms. The van der Waals surface area contributed by atoms with E-state index in [0.717, 1.165) is 24.3 Å². The van der Waals surface area contributed by atoms with E-state index in [0.29, 0.717) is 25.6 Å². The van der Waals surface area contributed by atoms with Crippen LogP contribution >= 0.6 is 24.0 Å². The molecule has 0 aliphatic carbocycles. The van der Waals surface area contributed by atoms with Crippen LogP contribution in [0.2, 0.25) is 0 Å². The van der Waals surface area contributed by atoms with Crippen molar-refractivity contribution in [2.75, 3.05) is 26.2 Å². The number of aliphatic imine (C=N–C) groups is 1. The Morgan fingerprint density at radius 1 is 1.20 bits per heavy atom. The number of nitrogens with one attached hydrogen (secondary N) is 3. The highest BCUT2D eigenvalue weighted by Gasteiger charge is 2.30. The molecule has 0 aliphatic rings. The quantitative estimate of drug-likeness (QED) is 0.189. The van der Waals surface area contributed by atoms with E-state index < -0.39 is 17.6 Å². The van der Waals surface area contributed by atoms with Crippen LogP contribution in [0.4, 0.5) is 13.2 Å². The second-order valence-electron chi connectivity index (χ2n) is 4.76. The molecule has 0 radical (unpaired) electrons. The van der Waals surface area contributed by atoms with Gasteiger partial charge in [-0.15, -0.1) is 30.6 Å². The molecule has 0 heterocycles. The Bertz CT molecular complexity index is 574. The van der Waals surface area contributed by atoms with E-state index in [9.17, 15) is 18.0 Å². The van der Waals surface area contributed by atoms with E-state index in [1.165, 1.54) is 0 Å². The number of guanidine groups is 1. The SMILES string of the molecule is C=CCNC(=NCCNC(=O)c1ccc(C(F)(F)F)cc1)NCC.I. The van der Waals surface area contributed by atoms with Crippen LogP contribution in [0.3, 0.4) is 0 Å². The molecule has 1 rings (SSSR count). The molecule has 0 aromatic heterocycles. The van der Waals surface area contributed by atoms with E-state index >= 15 is 0 Å². The Balaban J connectivity index is 0.00000576. The van der Waals surface area contributed by atoms with Gasteiger partial charge in [0.2, 0.25) is 0 Å². The van der Waals surface area contributed by atoms with Crippen molar-refractivity contribution in [1.82, 2.24) is 16.0 Å². The van der Waals surface area contributed by atoms with Crippen molar-refractivity contribution in [2.24, 2.45) is 4.99 Å². The van der Waals surface area contributed by atoms with Crippen molar-refractivity contribution in [3.63, 3.8) is 0 Å². The van der Waals surface area contributed by atoms with Crippen molar-refractivity contribution < 1.29 is 18.0 Å². The molecule has 0 atom stereocenters. The maximum absolute atomic E-state index is 12.5. The van der Waals surface area contributed by atoms with E-state index in [2.05, 4.69) is 27.5 Å². The fourth-order valence-corrected chi connectivity index (χ4v) is 1.76. The van der Waals surface area contributed by atoms with E-state index in [1.807, 2.05) is 6.92 Å². The molecule has 25 heavy (non-hydrogen) atoms. The van der Waals surface area contributed by atoms with E-state index in [-0.39, 0.29) is 36.1 Å². The Morgan fingerprint density at radius 2 is 1.84 bits per heavy atom. The van der Waals surface area contributed by atoms with Crippen LogP contribution < -0.4 is 16.0 Å². The highest BCUT2D eigenvalue weighted by atomic mass is 127. The van der Waals surface area contributed by atoms with Gasteiger partial charge in [-0.25, -0.2) is 0 Å². The van der Waals surface area contributed by atoms with E-state index in [4.69, 9.17) is 0 Å². The summed E-state index contributed by atoms with van der Waals surface area (Å²) in [6.45, 7) is 7.38. The minimum absolute atomic E-state index is 0. The third-order valence-electron chi connectivity index (χ3n) is 2.90. The topological polar surface area (TPSA) is 65.5 Å². The van der Waals surface area contributed by atoms with Gasteiger partial charge in [0.15, 0.2) is 5.96 Å². The lowest BCUT2D eigenvalue weighted by Gasteiger charge is -2.10. The molecule has 1 aromatic carbocycles. The summed E-state index contributed by atoms with van der Waals surface area (Å²) in [7, 11) is 0. The number of carbonyl (C=O) groups is 1. The number of rotatable bonds is 7. The first kappa shape index (κ1) is 23.2. The molecule has 0 spiro atoms. The molecule has 140 valence electrons. The average Bonchev–Trinajstić information content (AvgIpc) is 2.55. The molecule has 0 unspecified atom stereocenters. The summed E-state index contributed by atoms with van der Waals surface area (Å²) in [5.41, 5.74) is -0.615. The monoisotopic (exact) mass is 470 g/mol. The van der Waals surface area contributed by atoms with Gasteiger partial charge in [-0.05, 0) is 31.2 Å². The Kier molecular flexibility index (Phi) is 10.9. The second-order valence-corrected chi connectivity index (χ2v) is 4.76. The minimum Gasteiger partial charge on any atom is -0.357 e. The van der Waals surface area contributed by atoms with E-state index in [1.54, 1.807) is 6.08 Å². The molecule has 1 aromatic rings. The number of amides is 1. The fraction of sp³-hybridized carbons (Fsp3) is 0.375. The number of alkyl halides is 3. The van der Waals surface area contributed by atoms with Crippen LogP contribution in [0.5, 0.6) is 0 Å². The third-order valence-corrected chi connectivity index (χ3v) is 2.90. The van der Waals surface area contributed by atoms with Crippen LogP contribution in [-0.4, -0.2) is 38.0 Å². The molecule has 0 saturated heterocycles. The number of hydrogen-bond donors (Lipinski definition) is 3. The summed E-state index contributed by atoms with van der Waals surface area (Å²) < 4.78 is 37.4. The molecular weight excluding hydrogens is 448 g/mol. The van der Waals surface area contributed by atoms with Crippen LogP contribution in [0.15, 0.2) is 41.9 Å². The van der Waals surface area contributed by atoms with Crippen LogP contribution in [0.1, 0.15) is 22.8 Å². The molecule has 0 aliphatic heterocycles. The highest BCUT2D eigenvalue weighted by molar-refractivity contribution is 14.0. The first-order chi connectivity index (χ1) is 11.4. The van der Waals surface area contributed by atoms with Gasteiger partial charge in [-0.3, -0.25) is 9.79 Å². The van der Waals surface area contributed by atoms with Crippen LogP contribution in [-0.2, 0) is 6.18 Å². The summed E-state index contributed by atoms with van der Waals surface area (Å²) in [6.07, 6.45) is -2.72. The average molecular weight is 470 g/mol. The van der Waals surface area contributed by atoms with Crippen molar-refractivity contribution in [3.8, 4) is 0 Å². The zero-order chi connectivity index (χ0) is 18.0. The number of halogens is 4. The maximum atomic E-state index is 12.5. The molecule has 3 N–H and O–H groups in total. The number of benzene rings is 1. The summed E-state index contributed by atoms with van der Waals surface area (Å²) in [6, 6.07) is 4.07. The zero-order valence-electron chi connectivity index (χ0n) is 13.8. The Morgan fingerprint density at radius 3 is 2.36 bits per heavy atom. The highest BCUT2D eigenvalue weighted by Crippen LogP contribution is 2.28. The first-order valence-corrected chi connectivity index (χ1v) is 7.47. The Labute approximate surface area is 162 Å². The lowest BCUT2D eigenvalue weighted by molar-refractivity contribution is -0.137. The molecule has 0 fully saturated rings. The molecular formula is C16H22F3IN4O. The minimum atomic E-state index is -4.41. The van der Waals surface area contributed by atoms with Crippen molar-refractivity contribution in [1.29, 1.82) is 0 Å². The van der Waals surface area contributed by atoms with Crippen LogP contribution in [0, 0.1) is 0 Å². The largest absolute Gasteiger partial charge is 0.416 e. The summed E-state index contributed by atoms with van der Waals surface area (Å²) in [4.78, 5) is 16.1. The lowest BCUT2D eigenvalue weighted by Crippen LogP contribution is -2.38. The van der Waals surface area contributed by atoms with Crippen molar-refractivity contribution in [3.05, 3.63) is 48.0 Å². The molecule has 5 nitrogen and oxygen atoms in total. The smallest absolute Gasteiger partial charge is 0.357 e. The summed E-state index contributed by atoms with van der Waals surface area (Å²) in [5.74, 6) is 0.157. The standard InChI is InChI=1S/C16H21F3N4O.HI/c1-3-9-22-15(20-4-2)23-11-10-21-14(24)12-5-7-13(8-6-12)16(17,18)19;/h3,5-8H,1,4,9-11H2,2H3,(H,21,24)(H2,20,22,23);1H. The van der Waals surface area contributed by atoms with Gasteiger partial charge in [0.1, 0.15) is 0 Å². The summed E-state index contributed by atoms with van der Waals surface area (Å²) >= 11 is 0. The van der Waals surface area contributed by atoms with Gasteiger partial charge in [-0.1, -0.05) is 6.08 Å². The lowest BCUT2D eigenvalue weighted by atomic mass is 10.1. The van der Waals surface area contributed by atoms with Gasteiger partial charge < -0.3 is 16.0 Å². The molecule has 0 saturated carbocycles. The van der Waals surface area contributed by atoms with Gasteiger partial charge in [0, 0.05) is 25.2 Å². The predicted molar refractivity (Wildman–Crippen MR) is 103 cm³/mol. The maximum Gasteiger partial charge on any atom is 0.416 e. The van der Waals surface area contributed by atoms with Crippen molar-refractivity contribution >= 4 is 35.8 Å². The van der Waals surface area contributed by atoms with Gasteiger partial charge in [0.25, 0.3) is 5.91 Å². The van der Waals surface area contributed by atoms with Gasteiger partial charge in [-0.2, -0.15) is 13.2 Å². The van der Waals surface area contributed by atoms with Gasteiger partial charge in [0.05, 0.1) is 12.1 Å².